The predicted octanol–water partition coefficient (Wildman–Crippen LogP) is 2.84. The van der Waals surface area contributed by atoms with Gasteiger partial charge in [-0.2, -0.15) is 0 Å². The van der Waals surface area contributed by atoms with Crippen molar-refractivity contribution in [1.29, 1.82) is 0 Å². The molecule has 0 amide bonds. The number of aryl methyl sites for hydroxylation is 1. The maximum Gasteiger partial charge on any atom is 0.0727 e. The SMILES string of the molecule is CCCc1cc(N)c2cc(N(C)C)ccc2n1. The summed E-state index contributed by atoms with van der Waals surface area (Å²) in [6.45, 7) is 2.15. The summed E-state index contributed by atoms with van der Waals surface area (Å²) in [6.07, 6.45) is 2.07. The average molecular weight is 229 g/mol. The summed E-state index contributed by atoms with van der Waals surface area (Å²) in [5, 5.41) is 1.04. The lowest BCUT2D eigenvalue weighted by molar-refractivity contribution is 0.890. The van der Waals surface area contributed by atoms with E-state index >= 15 is 0 Å². The lowest BCUT2D eigenvalue weighted by Gasteiger charge is -2.14. The van der Waals surface area contributed by atoms with Crippen LogP contribution in [0.1, 0.15) is 19.0 Å². The first kappa shape index (κ1) is 11.7. The first-order valence-electron chi connectivity index (χ1n) is 5.98. The van der Waals surface area contributed by atoms with E-state index in [4.69, 9.17) is 5.73 Å². The number of aromatic nitrogens is 1. The van der Waals surface area contributed by atoms with Gasteiger partial charge in [0.1, 0.15) is 0 Å². The van der Waals surface area contributed by atoms with E-state index in [1.54, 1.807) is 0 Å². The summed E-state index contributed by atoms with van der Waals surface area (Å²) in [6, 6.07) is 8.20. The molecule has 17 heavy (non-hydrogen) atoms. The monoisotopic (exact) mass is 229 g/mol. The molecule has 0 fully saturated rings. The number of hydrogen-bond donors (Lipinski definition) is 1. The van der Waals surface area contributed by atoms with Crippen molar-refractivity contribution in [3.8, 4) is 0 Å². The number of rotatable bonds is 3. The quantitative estimate of drug-likeness (QED) is 0.880. The third kappa shape index (κ3) is 2.33. The maximum atomic E-state index is 6.10. The molecule has 0 aliphatic rings. The number of anilines is 2. The third-order valence-corrected chi connectivity index (χ3v) is 2.90. The zero-order valence-electron chi connectivity index (χ0n) is 10.7. The van der Waals surface area contributed by atoms with E-state index in [2.05, 4.69) is 28.9 Å². The van der Waals surface area contributed by atoms with E-state index in [-0.39, 0.29) is 0 Å². The largest absolute Gasteiger partial charge is 0.398 e. The highest BCUT2D eigenvalue weighted by atomic mass is 15.1. The summed E-state index contributed by atoms with van der Waals surface area (Å²) >= 11 is 0. The number of fused-ring (bicyclic) bond motifs is 1. The second-order valence-corrected chi connectivity index (χ2v) is 4.55. The highest BCUT2D eigenvalue weighted by Crippen LogP contribution is 2.25. The maximum absolute atomic E-state index is 6.10. The Morgan fingerprint density at radius 3 is 2.65 bits per heavy atom. The van der Waals surface area contributed by atoms with Crippen LogP contribution in [-0.4, -0.2) is 19.1 Å². The van der Waals surface area contributed by atoms with Crippen LogP contribution >= 0.6 is 0 Å². The van der Waals surface area contributed by atoms with E-state index in [0.717, 1.165) is 40.8 Å². The van der Waals surface area contributed by atoms with Gasteiger partial charge in [-0.15, -0.1) is 0 Å². The van der Waals surface area contributed by atoms with Gasteiger partial charge in [0.05, 0.1) is 5.52 Å². The second-order valence-electron chi connectivity index (χ2n) is 4.55. The van der Waals surface area contributed by atoms with E-state index in [9.17, 15) is 0 Å². The highest BCUT2D eigenvalue weighted by Gasteiger charge is 2.05. The van der Waals surface area contributed by atoms with Crippen molar-refractivity contribution in [2.45, 2.75) is 19.8 Å². The highest BCUT2D eigenvalue weighted by molar-refractivity contribution is 5.92. The molecule has 3 nitrogen and oxygen atoms in total. The van der Waals surface area contributed by atoms with Crippen LogP contribution in [0, 0.1) is 0 Å². The van der Waals surface area contributed by atoms with Gasteiger partial charge in [-0.25, -0.2) is 0 Å². The van der Waals surface area contributed by atoms with Gasteiger partial charge in [0.25, 0.3) is 0 Å². The topological polar surface area (TPSA) is 42.1 Å². The van der Waals surface area contributed by atoms with Gasteiger partial charge in [0, 0.05) is 36.6 Å². The summed E-state index contributed by atoms with van der Waals surface area (Å²) in [5.74, 6) is 0. The molecule has 1 aromatic heterocycles. The summed E-state index contributed by atoms with van der Waals surface area (Å²) in [5.41, 5.74) is 10.1. The van der Waals surface area contributed by atoms with Crippen LogP contribution < -0.4 is 10.6 Å². The summed E-state index contributed by atoms with van der Waals surface area (Å²) < 4.78 is 0. The van der Waals surface area contributed by atoms with E-state index in [1.165, 1.54) is 0 Å². The Bertz CT molecular complexity index is 532. The molecule has 1 heterocycles. The molecule has 0 aliphatic heterocycles. The minimum atomic E-state index is 0.821. The minimum absolute atomic E-state index is 0.821. The average Bonchev–Trinajstić information content (AvgIpc) is 2.29. The standard InChI is InChI=1S/C14H19N3/c1-4-5-10-8-13(15)12-9-11(17(2)3)6-7-14(12)16-10/h6-9H,4-5H2,1-3H3,(H2,15,16). The fourth-order valence-corrected chi connectivity index (χ4v) is 1.96. The predicted molar refractivity (Wildman–Crippen MR) is 74.5 cm³/mol. The van der Waals surface area contributed by atoms with Gasteiger partial charge in [-0.05, 0) is 30.7 Å². The number of pyridine rings is 1. The normalized spacial score (nSPS) is 10.8. The molecule has 90 valence electrons. The van der Waals surface area contributed by atoms with E-state index < -0.39 is 0 Å². The van der Waals surface area contributed by atoms with E-state index in [0.29, 0.717) is 0 Å². The van der Waals surface area contributed by atoms with Crippen molar-refractivity contribution in [3.63, 3.8) is 0 Å². The van der Waals surface area contributed by atoms with Crippen LogP contribution in [0.4, 0.5) is 11.4 Å². The lowest BCUT2D eigenvalue weighted by Crippen LogP contribution is -2.08. The summed E-state index contributed by atoms with van der Waals surface area (Å²) in [4.78, 5) is 6.70. The second kappa shape index (κ2) is 4.62. The molecule has 0 bridgehead atoms. The Labute approximate surface area is 102 Å². The van der Waals surface area contributed by atoms with Crippen molar-refractivity contribution in [1.82, 2.24) is 4.98 Å². The van der Waals surface area contributed by atoms with Gasteiger partial charge < -0.3 is 10.6 Å². The summed E-state index contributed by atoms with van der Waals surface area (Å²) in [7, 11) is 4.05. The van der Waals surface area contributed by atoms with Crippen molar-refractivity contribution in [2.24, 2.45) is 0 Å². The molecule has 0 aliphatic carbocycles. The molecule has 2 N–H and O–H groups in total. The van der Waals surface area contributed by atoms with Crippen LogP contribution in [0.2, 0.25) is 0 Å². The molecule has 0 atom stereocenters. The van der Waals surface area contributed by atoms with Gasteiger partial charge >= 0.3 is 0 Å². The van der Waals surface area contributed by atoms with Gasteiger partial charge in [0.15, 0.2) is 0 Å². The Hall–Kier alpha value is -1.77. The van der Waals surface area contributed by atoms with Crippen molar-refractivity contribution >= 4 is 22.3 Å². The van der Waals surface area contributed by atoms with Crippen LogP contribution in [0.5, 0.6) is 0 Å². The first-order chi connectivity index (χ1) is 8.11. The lowest BCUT2D eigenvalue weighted by atomic mass is 10.1. The number of hydrogen-bond acceptors (Lipinski definition) is 3. The molecule has 2 rings (SSSR count). The van der Waals surface area contributed by atoms with Gasteiger partial charge in [-0.3, -0.25) is 4.98 Å². The van der Waals surface area contributed by atoms with Crippen LogP contribution in [-0.2, 0) is 6.42 Å². The zero-order valence-corrected chi connectivity index (χ0v) is 10.7. The number of benzene rings is 1. The molecule has 0 radical (unpaired) electrons. The number of nitrogens with zero attached hydrogens (tertiary/aromatic N) is 2. The van der Waals surface area contributed by atoms with Crippen molar-refractivity contribution in [3.05, 3.63) is 30.0 Å². The number of nitrogen functional groups attached to an aromatic ring is 1. The molecular formula is C14H19N3. The Morgan fingerprint density at radius 1 is 1.24 bits per heavy atom. The Balaban J connectivity index is 2.56. The molecule has 0 unspecified atom stereocenters. The zero-order chi connectivity index (χ0) is 12.4. The molecule has 0 spiro atoms. The van der Waals surface area contributed by atoms with Crippen LogP contribution in [0.15, 0.2) is 24.3 Å². The Morgan fingerprint density at radius 2 is 2.00 bits per heavy atom. The fraction of sp³-hybridized carbons (Fsp3) is 0.357. The van der Waals surface area contributed by atoms with Gasteiger partial charge in [-0.1, -0.05) is 13.3 Å². The molecule has 2 aromatic rings. The van der Waals surface area contributed by atoms with Gasteiger partial charge in [0.2, 0.25) is 0 Å². The van der Waals surface area contributed by atoms with Crippen LogP contribution in [0.25, 0.3) is 10.9 Å². The number of nitrogens with two attached hydrogens (primary N) is 1. The molecule has 3 heteroatoms. The molecule has 0 saturated heterocycles. The Kier molecular flexibility index (Phi) is 3.18. The van der Waals surface area contributed by atoms with E-state index in [1.807, 2.05) is 26.2 Å². The molecule has 1 aromatic carbocycles. The smallest absolute Gasteiger partial charge is 0.0727 e. The molecular weight excluding hydrogens is 210 g/mol. The minimum Gasteiger partial charge on any atom is -0.398 e. The first-order valence-corrected chi connectivity index (χ1v) is 5.98. The van der Waals surface area contributed by atoms with Crippen LogP contribution in [0.3, 0.4) is 0 Å². The third-order valence-electron chi connectivity index (χ3n) is 2.90. The van der Waals surface area contributed by atoms with Crippen molar-refractivity contribution < 1.29 is 0 Å². The molecule has 0 saturated carbocycles. The van der Waals surface area contributed by atoms with Crippen molar-refractivity contribution in [2.75, 3.05) is 24.7 Å². The fourth-order valence-electron chi connectivity index (χ4n) is 1.96.